The molecule has 5 heteroatoms. The normalized spacial score (nSPS) is 44.8. The zero-order valence-electron chi connectivity index (χ0n) is 23.6. The maximum absolute atomic E-state index is 13.2. The minimum absolute atomic E-state index is 0.188. The molecular weight excluding hydrogens is 495 g/mol. The molecule has 2 saturated heterocycles. The summed E-state index contributed by atoms with van der Waals surface area (Å²) in [5.41, 5.74) is 4.60. The van der Waals surface area contributed by atoms with E-state index in [1.165, 1.54) is 76.2 Å². The van der Waals surface area contributed by atoms with E-state index in [0.717, 1.165) is 31.2 Å². The number of nitrogens with one attached hydrogen (secondary N) is 1. The lowest BCUT2D eigenvalue weighted by Crippen LogP contribution is -2.49. The van der Waals surface area contributed by atoms with Crippen LogP contribution in [0.2, 0.25) is 0 Å². The van der Waals surface area contributed by atoms with Crippen LogP contribution in [0.4, 0.5) is 13.2 Å². The van der Waals surface area contributed by atoms with Gasteiger partial charge in [-0.3, -0.25) is 0 Å². The van der Waals surface area contributed by atoms with Crippen molar-refractivity contribution in [3.8, 4) is 0 Å². The number of hydrogen-bond donors (Lipinski definition) is 1. The van der Waals surface area contributed by atoms with E-state index in [9.17, 15) is 13.2 Å². The Balaban J connectivity index is 0.973. The van der Waals surface area contributed by atoms with Gasteiger partial charge in [0.1, 0.15) is 0 Å². The van der Waals surface area contributed by atoms with E-state index in [2.05, 4.69) is 17.5 Å². The molecule has 2 nitrogen and oxygen atoms in total. The van der Waals surface area contributed by atoms with Crippen LogP contribution in [0.25, 0.3) is 0 Å². The largest absolute Gasteiger partial charge is 0.392 e. The number of hydrogen-bond acceptors (Lipinski definition) is 2. The van der Waals surface area contributed by atoms with Crippen molar-refractivity contribution in [2.75, 3.05) is 0 Å². The molecule has 0 amide bonds. The van der Waals surface area contributed by atoms with Crippen molar-refractivity contribution in [2.45, 2.75) is 140 Å². The van der Waals surface area contributed by atoms with Crippen molar-refractivity contribution in [1.29, 1.82) is 0 Å². The summed E-state index contributed by atoms with van der Waals surface area (Å²) in [5, 5.41) is 4.06. The van der Waals surface area contributed by atoms with Crippen molar-refractivity contribution >= 4 is 0 Å². The minimum atomic E-state index is -4.04. The van der Waals surface area contributed by atoms with E-state index < -0.39 is 12.1 Å². The van der Waals surface area contributed by atoms with Crippen molar-refractivity contribution < 1.29 is 17.9 Å². The third kappa shape index (κ3) is 5.33. The van der Waals surface area contributed by atoms with Crippen LogP contribution in [0, 0.1) is 35.5 Å². The highest BCUT2D eigenvalue weighted by Crippen LogP contribution is 2.53. The van der Waals surface area contributed by atoms with Gasteiger partial charge in [-0.1, -0.05) is 42.2 Å². The predicted octanol–water partition coefficient (Wildman–Crippen LogP) is 8.83. The number of halogens is 3. The molecule has 10 unspecified atom stereocenters. The van der Waals surface area contributed by atoms with Gasteiger partial charge in [-0.2, -0.15) is 13.2 Å². The van der Waals surface area contributed by atoms with Gasteiger partial charge in [0.2, 0.25) is 0 Å². The zero-order chi connectivity index (χ0) is 26.6. The van der Waals surface area contributed by atoms with E-state index in [-0.39, 0.29) is 18.9 Å². The summed E-state index contributed by atoms with van der Waals surface area (Å²) < 4.78 is 46.4. The molecule has 5 aliphatic carbocycles. The van der Waals surface area contributed by atoms with Crippen LogP contribution in [-0.2, 0) is 4.74 Å². The molecule has 7 rings (SSSR count). The molecule has 0 aromatic carbocycles. The Hall–Kier alpha value is -1.07. The van der Waals surface area contributed by atoms with Gasteiger partial charge in [-0.15, -0.1) is 0 Å². The summed E-state index contributed by atoms with van der Waals surface area (Å²) in [7, 11) is 0. The van der Waals surface area contributed by atoms with E-state index in [0.29, 0.717) is 42.2 Å². The highest BCUT2D eigenvalue weighted by Gasteiger charge is 2.50. The Morgan fingerprint density at radius 3 is 2.38 bits per heavy atom. The second kappa shape index (κ2) is 11.0. The molecule has 4 fully saturated rings. The maximum Gasteiger partial charge on any atom is 0.392 e. The maximum atomic E-state index is 13.2. The van der Waals surface area contributed by atoms with E-state index in [1.54, 1.807) is 11.1 Å². The number of piperidine rings is 1. The third-order valence-electron chi connectivity index (χ3n) is 12.3. The highest BCUT2D eigenvalue weighted by atomic mass is 19.4. The first kappa shape index (κ1) is 26.8. The fourth-order valence-electron chi connectivity index (χ4n) is 10.1. The molecule has 0 radical (unpaired) electrons. The molecule has 7 aliphatic rings. The monoisotopic (exact) mass is 543 g/mol. The van der Waals surface area contributed by atoms with Gasteiger partial charge in [0.05, 0.1) is 18.1 Å². The molecule has 2 saturated carbocycles. The first-order valence-electron chi connectivity index (χ1n) is 16.5. The van der Waals surface area contributed by atoms with E-state index in [4.69, 9.17) is 4.74 Å². The summed E-state index contributed by atoms with van der Waals surface area (Å²) in [4.78, 5) is 0. The van der Waals surface area contributed by atoms with Crippen LogP contribution in [0.3, 0.4) is 0 Å². The second-order valence-corrected chi connectivity index (χ2v) is 14.2. The molecular formula is C34H48F3NO. The molecule has 0 bridgehead atoms. The first-order chi connectivity index (χ1) is 18.9. The van der Waals surface area contributed by atoms with Crippen LogP contribution in [0.1, 0.15) is 109 Å². The highest BCUT2D eigenvalue weighted by molar-refractivity contribution is 5.26. The summed E-state index contributed by atoms with van der Waals surface area (Å²) in [6.07, 6.45) is 22.6. The van der Waals surface area contributed by atoms with E-state index in [1.807, 2.05) is 6.08 Å². The number of ether oxygens (including phenoxy) is 1. The summed E-state index contributed by atoms with van der Waals surface area (Å²) >= 11 is 0. The average Bonchev–Trinajstić information content (AvgIpc) is 3.35. The van der Waals surface area contributed by atoms with Gasteiger partial charge in [0, 0.05) is 12.1 Å². The van der Waals surface area contributed by atoms with Crippen molar-refractivity contribution in [3.05, 3.63) is 34.9 Å². The fraction of sp³-hybridized carbons (Fsp3) is 0.824. The topological polar surface area (TPSA) is 21.3 Å². The smallest absolute Gasteiger partial charge is 0.370 e. The minimum Gasteiger partial charge on any atom is -0.370 e. The SMILES string of the molecule is FC(F)(F)C1CC=C(C2CCC3OC4C(C5CC=C(C6CCC7CCCCC7N6)CC5)=CCCC4C3C2)CC1. The molecule has 0 aromatic heterocycles. The first-order valence-corrected chi connectivity index (χ1v) is 16.5. The Morgan fingerprint density at radius 2 is 1.59 bits per heavy atom. The Bertz CT molecular complexity index is 997. The summed E-state index contributed by atoms with van der Waals surface area (Å²) in [6.45, 7) is 0. The van der Waals surface area contributed by atoms with Crippen LogP contribution in [0.5, 0.6) is 0 Å². The van der Waals surface area contributed by atoms with Crippen LogP contribution >= 0.6 is 0 Å². The second-order valence-electron chi connectivity index (χ2n) is 14.2. The lowest BCUT2D eigenvalue weighted by atomic mass is 9.66. The number of fused-ring (bicyclic) bond motifs is 4. The molecule has 216 valence electrons. The lowest BCUT2D eigenvalue weighted by Gasteiger charge is -2.42. The number of alkyl halides is 3. The number of rotatable bonds is 3. The van der Waals surface area contributed by atoms with E-state index >= 15 is 0 Å². The number of allylic oxidation sites excluding steroid dienone is 4. The van der Waals surface area contributed by atoms with Crippen molar-refractivity contribution in [3.63, 3.8) is 0 Å². The van der Waals surface area contributed by atoms with Gasteiger partial charge < -0.3 is 10.1 Å². The zero-order valence-corrected chi connectivity index (χ0v) is 23.6. The van der Waals surface area contributed by atoms with Gasteiger partial charge in [0.25, 0.3) is 0 Å². The third-order valence-corrected chi connectivity index (χ3v) is 12.3. The molecule has 39 heavy (non-hydrogen) atoms. The molecule has 0 aromatic rings. The van der Waals surface area contributed by atoms with Crippen molar-refractivity contribution in [2.24, 2.45) is 35.5 Å². The average molecular weight is 544 g/mol. The van der Waals surface area contributed by atoms with Crippen LogP contribution < -0.4 is 5.32 Å². The van der Waals surface area contributed by atoms with Gasteiger partial charge >= 0.3 is 6.18 Å². The van der Waals surface area contributed by atoms with Crippen molar-refractivity contribution in [1.82, 2.24) is 5.32 Å². The molecule has 10 atom stereocenters. The standard InChI is InChI=1S/C34H48F3NO/c35-34(36,37)26-16-12-21(13-17-26)25-15-19-32-29(20-25)28-6-3-5-27(33(28)39-32)22-8-10-24(11-9-22)31-18-14-23-4-1-2-7-30(23)38-31/h5,10,12,22-23,25-26,28-33,38H,1-4,6-9,11,13-20H2. The van der Waals surface area contributed by atoms with Gasteiger partial charge in [0.15, 0.2) is 0 Å². The van der Waals surface area contributed by atoms with Gasteiger partial charge in [-0.25, -0.2) is 0 Å². The Labute approximate surface area is 233 Å². The quantitative estimate of drug-likeness (QED) is 0.359. The molecule has 2 heterocycles. The van der Waals surface area contributed by atoms with Gasteiger partial charge in [-0.05, 0) is 131 Å². The molecule has 2 aliphatic heterocycles. The molecule has 1 N–H and O–H groups in total. The summed E-state index contributed by atoms with van der Waals surface area (Å²) in [6, 6.07) is 1.37. The summed E-state index contributed by atoms with van der Waals surface area (Å²) in [5.74, 6) is 2.09. The predicted molar refractivity (Wildman–Crippen MR) is 149 cm³/mol. The Morgan fingerprint density at radius 1 is 0.744 bits per heavy atom. The Kier molecular flexibility index (Phi) is 7.54. The molecule has 0 spiro atoms. The van der Waals surface area contributed by atoms with Crippen LogP contribution in [-0.4, -0.2) is 30.5 Å². The lowest BCUT2D eigenvalue weighted by molar-refractivity contribution is -0.176. The fourth-order valence-corrected chi connectivity index (χ4v) is 10.1. The van der Waals surface area contributed by atoms with Crippen LogP contribution in [0.15, 0.2) is 34.9 Å².